The van der Waals surface area contributed by atoms with Crippen LogP contribution in [-0.4, -0.2) is 48.2 Å². The Bertz CT molecular complexity index is 520. The number of carbonyl (C=O) groups excluding carboxylic acids is 1. The molecule has 7 heteroatoms. The highest BCUT2D eigenvalue weighted by atomic mass is 16.5. The molecule has 0 atom stereocenters. The molecule has 0 bridgehead atoms. The number of carbonyl (C=O) groups is 1. The molecule has 0 radical (unpaired) electrons. The maximum Gasteiger partial charge on any atom is 0.293 e. The van der Waals surface area contributed by atoms with Gasteiger partial charge in [0, 0.05) is 31.7 Å². The van der Waals surface area contributed by atoms with E-state index < -0.39 is 0 Å². The summed E-state index contributed by atoms with van der Waals surface area (Å²) in [5, 5.41) is 3.35. The van der Waals surface area contributed by atoms with Crippen LogP contribution in [0.5, 0.6) is 0 Å². The molecule has 1 saturated carbocycles. The van der Waals surface area contributed by atoms with E-state index in [1.807, 2.05) is 20.8 Å². The molecule has 0 aromatic carbocycles. The first kappa shape index (κ1) is 17.5. The van der Waals surface area contributed by atoms with Crippen LogP contribution in [0.15, 0.2) is 6.33 Å². The van der Waals surface area contributed by atoms with E-state index in [4.69, 9.17) is 5.73 Å². The minimum Gasteiger partial charge on any atom is -0.462 e. The number of rotatable bonds is 3. The van der Waals surface area contributed by atoms with Gasteiger partial charge in [-0.05, 0) is 39.5 Å². The van der Waals surface area contributed by atoms with Crippen LogP contribution in [-0.2, 0) is 9.53 Å². The quantitative estimate of drug-likeness (QED) is 0.811. The lowest BCUT2D eigenvalue weighted by Gasteiger charge is -2.30. The normalized spacial score (nSPS) is 18.0. The fourth-order valence-electron chi connectivity index (χ4n) is 2.44. The van der Waals surface area contributed by atoms with E-state index in [1.54, 1.807) is 6.33 Å². The lowest BCUT2D eigenvalue weighted by Crippen LogP contribution is -2.44. The van der Waals surface area contributed by atoms with Crippen LogP contribution in [0.2, 0.25) is 0 Å². The van der Waals surface area contributed by atoms with Gasteiger partial charge < -0.3 is 20.7 Å². The Morgan fingerprint density at radius 1 is 1.30 bits per heavy atom. The number of ether oxygens (including phenoxy) is 1. The lowest BCUT2D eigenvalue weighted by molar-refractivity contribution is -0.138. The summed E-state index contributed by atoms with van der Waals surface area (Å²) in [6, 6.07) is 0. The predicted octanol–water partition coefficient (Wildman–Crippen LogP) is 1.30. The number of hydrogen-bond donors (Lipinski definition) is 2. The van der Waals surface area contributed by atoms with Crippen molar-refractivity contribution in [2.45, 2.75) is 45.1 Å². The summed E-state index contributed by atoms with van der Waals surface area (Å²) in [5.41, 5.74) is 6.84. The van der Waals surface area contributed by atoms with Crippen molar-refractivity contribution in [2.24, 2.45) is 0 Å². The molecule has 7 nitrogen and oxygen atoms in total. The van der Waals surface area contributed by atoms with E-state index in [-0.39, 0.29) is 5.60 Å². The number of piperazine rings is 1. The van der Waals surface area contributed by atoms with Gasteiger partial charge in [-0.3, -0.25) is 4.79 Å². The van der Waals surface area contributed by atoms with Crippen molar-refractivity contribution in [3.63, 3.8) is 0 Å². The van der Waals surface area contributed by atoms with E-state index in [9.17, 15) is 4.79 Å². The molecular formula is C16H27N5O2. The van der Waals surface area contributed by atoms with Crippen LogP contribution < -0.4 is 16.0 Å². The SMILES string of the molecule is CC(C)(C)OC=O.Nc1ncnc(N2CCNCC2)c1C1CC1. The molecule has 3 rings (SSSR count). The van der Waals surface area contributed by atoms with Crippen molar-refractivity contribution in [2.75, 3.05) is 36.8 Å². The lowest BCUT2D eigenvalue weighted by atomic mass is 10.1. The fourth-order valence-corrected chi connectivity index (χ4v) is 2.44. The predicted molar refractivity (Wildman–Crippen MR) is 90.4 cm³/mol. The summed E-state index contributed by atoms with van der Waals surface area (Å²) in [6.45, 7) is 9.98. The molecule has 23 heavy (non-hydrogen) atoms. The van der Waals surface area contributed by atoms with Gasteiger partial charge in [-0.15, -0.1) is 0 Å². The smallest absolute Gasteiger partial charge is 0.293 e. The highest BCUT2D eigenvalue weighted by Crippen LogP contribution is 2.45. The van der Waals surface area contributed by atoms with Gasteiger partial charge in [0.1, 0.15) is 23.6 Å². The Labute approximate surface area is 137 Å². The molecule has 2 aliphatic rings. The summed E-state index contributed by atoms with van der Waals surface area (Å²) in [5.74, 6) is 2.34. The van der Waals surface area contributed by atoms with Crippen LogP contribution in [0.25, 0.3) is 0 Å². The van der Waals surface area contributed by atoms with Crippen LogP contribution in [0.1, 0.15) is 45.1 Å². The van der Waals surface area contributed by atoms with Crippen molar-refractivity contribution in [3.05, 3.63) is 11.9 Å². The Hall–Kier alpha value is -1.89. The zero-order valence-corrected chi connectivity index (χ0v) is 14.2. The van der Waals surface area contributed by atoms with Crippen LogP contribution >= 0.6 is 0 Å². The van der Waals surface area contributed by atoms with Gasteiger partial charge in [-0.25, -0.2) is 9.97 Å². The van der Waals surface area contributed by atoms with Crippen LogP contribution in [0.3, 0.4) is 0 Å². The standard InChI is InChI=1S/C11H17N5.C5H10O2/c12-10-9(8-1-2-8)11(15-7-14-10)16-5-3-13-4-6-16;1-5(2,3)7-4-6/h7-8,13H,1-6H2,(H2,12,14,15);4H,1-3H3. The second-order valence-electron chi connectivity index (χ2n) is 6.83. The van der Waals surface area contributed by atoms with Crippen LogP contribution in [0.4, 0.5) is 11.6 Å². The molecule has 1 aliphatic heterocycles. The topological polar surface area (TPSA) is 93.4 Å². The molecule has 0 amide bonds. The van der Waals surface area contributed by atoms with Gasteiger partial charge in [0.05, 0.1) is 0 Å². The summed E-state index contributed by atoms with van der Waals surface area (Å²) in [6.07, 6.45) is 4.05. The zero-order valence-electron chi connectivity index (χ0n) is 14.2. The number of aromatic nitrogens is 2. The summed E-state index contributed by atoms with van der Waals surface area (Å²) in [4.78, 5) is 20.5. The van der Waals surface area contributed by atoms with E-state index in [1.165, 1.54) is 18.4 Å². The van der Waals surface area contributed by atoms with Gasteiger partial charge in [0.25, 0.3) is 6.47 Å². The number of nitrogens with one attached hydrogen (secondary N) is 1. The Morgan fingerprint density at radius 3 is 2.43 bits per heavy atom. The van der Waals surface area contributed by atoms with Crippen molar-refractivity contribution in [1.82, 2.24) is 15.3 Å². The fraction of sp³-hybridized carbons (Fsp3) is 0.688. The van der Waals surface area contributed by atoms with Gasteiger partial charge in [0.15, 0.2) is 0 Å². The van der Waals surface area contributed by atoms with Gasteiger partial charge in [-0.2, -0.15) is 0 Å². The molecule has 1 aliphatic carbocycles. The van der Waals surface area contributed by atoms with E-state index in [0.29, 0.717) is 18.2 Å². The monoisotopic (exact) mass is 321 g/mol. The highest BCUT2D eigenvalue weighted by Gasteiger charge is 2.31. The van der Waals surface area contributed by atoms with Gasteiger partial charge in [-0.1, -0.05) is 0 Å². The molecule has 2 fully saturated rings. The Kier molecular flexibility index (Phi) is 5.76. The first-order valence-electron chi connectivity index (χ1n) is 8.10. The first-order chi connectivity index (χ1) is 10.9. The minimum absolute atomic E-state index is 0.318. The van der Waals surface area contributed by atoms with E-state index >= 15 is 0 Å². The third kappa shape index (κ3) is 5.35. The molecule has 1 saturated heterocycles. The van der Waals surface area contributed by atoms with Crippen molar-refractivity contribution in [1.29, 1.82) is 0 Å². The number of hydrogen-bond acceptors (Lipinski definition) is 7. The largest absolute Gasteiger partial charge is 0.462 e. The average molecular weight is 321 g/mol. The highest BCUT2D eigenvalue weighted by molar-refractivity contribution is 5.60. The maximum atomic E-state index is 9.60. The minimum atomic E-state index is -0.318. The molecule has 3 N–H and O–H groups in total. The molecule has 0 unspecified atom stereocenters. The third-order valence-corrected chi connectivity index (χ3v) is 3.70. The van der Waals surface area contributed by atoms with Crippen molar-refractivity contribution in [3.8, 4) is 0 Å². The van der Waals surface area contributed by atoms with Gasteiger partial charge in [0.2, 0.25) is 0 Å². The molecule has 2 heterocycles. The number of anilines is 2. The maximum absolute atomic E-state index is 9.60. The van der Waals surface area contributed by atoms with E-state index in [2.05, 4.69) is 24.9 Å². The number of nitrogens with two attached hydrogens (primary N) is 1. The summed E-state index contributed by atoms with van der Waals surface area (Å²) >= 11 is 0. The molecule has 0 spiro atoms. The Balaban J connectivity index is 0.000000236. The van der Waals surface area contributed by atoms with E-state index in [0.717, 1.165) is 32.0 Å². The second kappa shape index (κ2) is 7.59. The average Bonchev–Trinajstić information content (AvgIpc) is 3.32. The van der Waals surface area contributed by atoms with Crippen LogP contribution in [0, 0.1) is 0 Å². The summed E-state index contributed by atoms with van der Waals surface area (Å²) in [7, 11) is 0. The van der Waals surface area contributed by atoms with Crippen molar-refractivity contribution >= 4 is 18.1 Å². The molecule has 128 valence electrons. The number of nitrogen functional groups attached to an aromatic ring is 1. The molecule has 1 aromatic heterocycles. The second-order valence-corrected chi connectivity index (χ2v) is 6.83. The summed E-state index contributed by atoms with van der Waals surface area (Å²) < 4.78 is 4.55. The third-order valence-electron chi connectivity index (χ3n) is 3.70. The number of nitrogens with zero attached hydrogens (tertiary/aromatic N) is 3. The molecule has 1 aromatic rings. The van der Waals surface area contributed by atoms with Gasteiger partial charge >= 0.3 is 0 Å². The molecular weight excluding hydrogens is 294 g/mol. The zero-order chi connectivity index (χ0) is 16.9. The first-order valence-corrected chi connectivity index (χ1v) is 8.10. The van der Waals surface area contributed by atoms with Crippen molar-refractivity contribution < 1.29 is 9.53 Å². The Morgan fingerprint density at radius 2 is 1.96 bits per heavy atom.